The van der Waals surface area contributed by atoms with E-state index in [1.165, 1.54) is 42.5 Å². The fourth-order valence-corrected chi connectivity index (χ4v) is 3.37. The zero-order valence-corrected chi connectivity index (χ0v) is 14.7. The molecule has 3 aromatic carbocycles. The molecule has 0 fully saturated rings. The third-order valence-corrected chi connectivity index (χ3v) is 4.68. The largest absolute Gasteiger partial charge is 0.417 e. The van der Waals surface area contributed by atoms with Gasteiger partial charge in [0.1, 0.15) is 0 Å². The van der Waals surface area contributed by atoms with Crippen molar-refractivity contribution >= 4 is 23.2 Å². The number of nitrogens with one attached hydrogen (secondary N) is 1. The molecule has 0 aliphatic heterocycles. The van der Waals surface area contributed by atoms with Crippen molar-refractivity contribution in [3.05, 3.63) is 100 Å². The highest BCUT2D eigenvalue weighted by Crippen LogP contribution is 2.34. The van der Waals surface area contributed by atoms with E-state index in [1.807, 2.05) is 0 Å². The fourth-order valence-electron chi connectivity index (χ4n) is 3.37. The third kappa shape index (κ3) is 3.10. The monoisotopic (exact) mass is 395 g/mol. The van der Waals surface area contributed by atoms with Gasteiger partial charge >= 0.3 is 6.18 Å². The zero-order valence-electron chi connectivity index (χ0n) is 14.7. The molecule has 1 amide bonds. The van der Waals surface area contributed by atoms with Crippen molar-refractivity contribution in [3.63, 3.8) is 0 Å². The molecule has 0 bridgehead atoms. The number of alkyl halides is 3. The first-order chi connectivity index (χ1) is 13.8. The molecule has 3 aromatic rings. The van der Waals surface area contributed by atoms with E-state index in [4.69, 9.17) is 0 Å². The number of benzene rings is 3. The number of amides is 1. The van der Waals surface area contributed by atoms with Crippen LogP contribution in [0.25, 0.3) is 0 Å². The zero-order chi connectivity index (χ0) is 20.8. The second-order valence-corrected chi connectivity index (χ2v) is 6.43. The Morgan fingerprint density at radius 2 is 1.31 bits per heavy atom. The molecular weight excluding hydrogens is 383 g/mol. The second kappa shape index (κ2) is 6.70. The summed E-state index contributed by atoms with van der Waals surface area (Å²) in [5.41, 5.74) is -1.19. The van der Waals surface area contributed by atoms with Gasteiger partial charge in [-0.2, -0.15) is 13.2 Å². The Kier molecular flexibility index (Phi) is 4.30. The maximum absolute atomic E-state index is 13.2. The summed E-state index contributed by atoms with van der Waals surface area (Å²) in [5, 5.41) is 2.37. The Balaban J connectivity index is 1.77. The predicted octanol–water partition coefficient (Wildman–Crippen LogP) is 4.73. The lowest BCUT2D eigenvalue weighted by Gasteiger charge is -2.20. The molecule has 0 radical (unpaired) electrons. The van der Waals surface area contributed by atoms with Crippen molar-refractivity contribution in [1.82, 2.24) is 0 Å². The first-order valence-corrected chi connectivity index (χ1v) is 8.58. The molecule has 0 aromatic heterocycles. The van der Waals surface area contributed by atoms with Crippen LogP contribution in [0.5, 0.6) is 0 Å². The molecule has 7 heteroatoms. The van der Waals surface area contributed by atoms with Gasteiger partial charge in [0.2, 0.25) is 0 Å². The second-order valence-electron chi connectivity index (χ2n) is 6.43. The highest BCUT2D eigenvalue weighted by molar-refractivity contribution is 6.30. The highest BCUT2D eigenvalue weighted by atomic mass is 19.4. The van der Waals surface area contributed by atoms with E-state index < -0.39 is 29.0 Å². The minimum absolute atomic E-state index is 0.0164. The van der Waals surface area contributed by atoms with Gasteiger partial charge in [-0.05, 0) is 18.2 Å². The van der Waals surface area contributed by atoms with Gasteiger partial charge in [-0.3, -0.25) is 14.4 Å². The molecule has 0 unspecified atom stereocenters. The first-order valence-electron chi connectivity index (χ1n) is 8.58. The van der Waals surface area contributed by atoms with Gasteiger partial charge in [-0.1, -0.05) is 48.5 Å². The standard InChI is InChI=1S/C22H12F3NO3/c23-22(24,25)16-10-4-3-8-14(16)21(29)26-17-11-5-9-15-18(17)20(28)13-7-2-1-6-12(13)19(15)27/h1-11H,(H,26,29). The number of fused-ring (bicyclic) bond motifs is 2. The lowest BCUT2D eigenvalue weighted by molar-refractivity contribution is -0.137. The molecule has 1 aliphatic carbocycles. The highest BCUT2D eigenvalue weighted by Gasteiger charge is 2.36. The van der Waals surface area contributed by atoms with E-state index >= 15 is 0 Å². The molecule has 4 nitrogen and oxygen atoms in total. The quantitative estimate of drug-likeness (QED) is 0.534. The van der Waals surface area contributed by atoms with Gasteiger partial charge in [-0.15, -0.1) is 0 Å². The Morgan fingerprint density at radius 3 is 2.00 bits per heavy atom. The molecule has 1 N–H and O–H groups in total. The van der Waals surface area contributed by atoms with Gasteiger partial charge in [0.15, 0.2) is 11.6 Å². The number of hydrogen-bond acceptors (Lipinski definition) is 3. The van der Waals surface area contributed by atoms with Crippen molar-refractivity contribution in [2.45, 2.75) is 6.18 Å². The summed E-state index contributed by atoms with van der Waals surface area (Å²) in [6.07, 6.45) is -4.71. The van der Waals surface area contributed by atoms with Crippen LogP contribution in [-0.2, 0) is 6.18 Å². The van der Waals surface area contributed by atoms with E-state index in [0.717, 1.165) is 12.1 Å². The smallest absolute Gasteiger partial charge is 0.321 e. The van der Waals surface area contributed by atoms with E-state index in [0.29, 0.717) is 0 Å². The number of anilines is 1. The molecule has 1 aliphatic rings. The van der Waals surface area contributed by atoms with Crippen LogP contribution in [0, 0.1) is 0 Å². The van der Waals surface area contributed by atoms with Crippen LogP contribution < -0.4 is 5.32 Å². The number of halogens is 3. The molecule has 0 saturated carbocycles. The summed E-state index contributed by atoms with van der Waals surface area (Å²) in [7, 11) is 0. The van der Waals surface area contributed by atoms with Gasteiger partial charge in [0, 0.05) is 16.7 Å². The summed E-state index contributed by atoms with van der Waals surface area (Å²) < 4.78 is 39.7. The van der Waals surface area contributed by atoms with E-state index in [9.17, 15) is 27.6 Å². The van der Waals surface area contributed by atoms with Crippen molar-refractivity contribution in [3.8, 4) is 0 Å². The van der Waals surface area contributed by atoms with Crippen LogP contribution in [0.2, 0.25) is 0 Å². The number of rotatable bonds is 2. The molecule has 0 spiro atoms. The average Bonchev–Trinajstić information content (AvgIpc) is 2.71. The van der Waals surface area contributed by atoms with Gasteiger partial charge < -0.3 is 5.32 Å². The molecule has 29 heavy (non-hydrogen) atoms. The van der Waals surface area contributed by atoms with Crippen molar-refractivity contribution in [2.75, 3.05) is 5.32 Å². The summed E-state index contributed by atoms with van der Waals surface area (Å²) in [5.74, 6) is -1.89. The summed E-state index contributed by atoms with van der Waals surface area (Å²) in [4.78, 5) is 38.3. The summed E-state index contributed by atoms with van der Waals surface area (Å²) in [6, 6.07) is 14.9. The molecule has 144 valence electrons. The van der Waals surface area contributed by atoms with Crippen LogP contribution >= 0.6 is 0 Å². The minimum Gasteiger partial charge on any atom is -0.321 e. The minimum atomic E-state index is -4.71. The maximum Gasteiger partial charge on any atom is 0.417 e. The number of hydrogen-bond donors (Lipinski definition) is 1. The predicted molar refractivity (Wildman–Crippen MR) is 99.1 cm³/mol. The average molecular weight is 395 g/mol. The van der Waals surface area contributed by atoms with Crippen LogP contribution in [0.3, 0.4) is 0 Å². The van der Waals surface area contributed by atoms with Crippen LogP contribution in [-0.4, -0.2) is 17.5 Å². The molecular formula is C22H12F3NO3. The fraction of sp³-hybridized carbons (Fsp3) is 0.0455. The molecule has 0 atom stereocenters. The van der Waals surface area contributed by atoms with Crippen molar-refractivity contribution in [1.29, 1.82) is 0 Å². The molecule has 0 saturated heterocycles. The Bertz CT molecular complexity index is 1180. The summed E-state index contributed by atoms with van der Waals surface area (Å²) in [6.45, 7) is 0. The Hall–Kier alpha value is -3.74. The third-order valence-electron chi connectivity index (χ3n) is 4.68. The lowest BCUT2D eigenvalue weighted by Crippen LogP contribution is -2.24. The van der Waals surface area contributed by atoms with Gasteiger partial charge in [0.05, 0.1) is 22.4 Å². The number of carbonyl (C=O) groups is 3. The van der Waals surface area contributed by atoms with Gasteiger partial charge in [0.25, 0.3) is 5.91 Å². The SMILES string of the molecule is O=C(Nc1cccc2c1C(=O)c1ccccc1C2=O)c1ccccc1C(F)(F)F. The number of carbonyl (C=O) groups excluding carboxylic acids is 3. The van der Waals surface area contributed by atoms with E-state index in [2.05, 4.69) is 5.32 Å². The molecule has 0 heterocycles. The van der Waals surface area contributed by atoms with Crippen LogP contribution in [0.15, 0.2) is 66.7 Å². The van der Waals surface area contributed by atoms with Crippen LogP contribution in [0.4, 0.5) is 18.9 Å². The Morgan fingerprint density at radius 1 is 0.724 bits per heavy atom. The molecule has 4 rings (SSSR count). The van der Waals surface area contributed by atoms with E-state index in [1.54, 1.807) is 12.1 Å². The first kappa shape index (κ1) is 18.6. The number of ketones is 2. The van der Waals surface area contributed by atoms with Crippen molar-refractivity contribution < 1.29 is 27.6 Å². The summed E-state index contributed by atoms with van der Waals surface area (Å²) >= 11 is 0. The normalized spacial score (nSPS) is 12.9. The van der Waals surface area contributed by atoms with Crippen molar-refractivity contribution in [2.24, 2.45) is 0 Å². The van der Waals surface area contributed by atoms with Crippen LogP contribution in [0.1, 0.15) is 47.8 Å². The van der Waals surface area contributed by atoms with E-state index in [-0.39, 0.29) is 33.7 Å². The Labute approximate surface area is 163 Å². The topological polar surface area (TPSA) is 63.2 Å². The maximum atomic E-state index is 13.2. The van der Waals surface area contributed by atoms with Gasteiger partial charge in [-0.25, -0.2) is 0 Å². The lowest BCUT2D eigenvalue weighted by atomic mass is 9.83.